The number of halogens is 1. The van der Waals surface area contributed by atoms with Crippen molar-refractivity contribution in [2.45, 2.75) is 19.3 Å². The molecule has 5 aromatic rings. The maximum absolute atomic E-state index is 3.52. The highest BCUT2D eigenvalue weighted by molar-refractivity contribution is 9.10. The summed E-state index contributed by atoms with van der Waals surface area (Å²) in [5.74, 6) is 0. The summed E-state index contributed by atoms with van der Waals surface area (Å²) in [6.45, 7) is 4.63. The Labute approximate surface area is 226 Å². The predicted molar refractivity (Wildman–Crippen MR) is 159 cm³/mol. The van der Waals surface area contributed by atoms with Crippen molar-refractivity contribution >= 4 is 33.0 Å². The van der Waals surface area contributed by atoms with Crippen molar-refractivity contribution in [3.05, 3.63) is 137 Å². The van der Waals surface area contributed by atoms with Gasteiger partial charge in [0, 0.05) is 9.89 Å². The number of fused-ring (bicyclic) bond motifs is 3. The van der Waals surface area contributed by atoms with Gasteiger partial charge in [0.2, 0.25) is 0 Å². The molecule has 0 aliphatic heterocycles. The summed E-state index contributed by atoms with van der Waals surface area (Å²) in [5.41, 5.74) is 17.6. The number of anilines is 3. The van der Waals surface area contributed by atoms with Gasteiger partial charge in [0.1, 0.15) is 0 Å². The second-order valence-corrected chi connectivity index (χ2v) is 10.8. The van der Waals surface area contributed by atoms with Gasteiger partial charge in [-0.2, -0.15) is 0 Å². The van der Waals surface area contributed by atoms with Crippen LogP contribution in [-0.2, 0) is 5.41 Å². The molecule has 0 atom stereocenters. The average Bonchev–Trinajstić information content (AvgIpc) is 3.17. The molecule has 6 rings (SSSR count). The van der Waals surface area contributed by atoms with E-state index in [9.17, 15) is 0 Å². The lowest BCUT2D eigenvalue weighted by atomic mass is 9.82. The molecule has 0 aromatic heterocycles. The molecule has 0 unspecified atom stereocenters. The minimum absolute atomic E-state index is 0.0656. The molecule has 0 amide bonds. The Balaban J connectivity index is 1.38. The minimum Gasteiger partial charge on any atom is -0.304 e. The number of nitrogens with one attached hydrogen (secondary N) is 2. The van der Waals surface area contributed by atoms with Crippen molar-refractivity contribution in [2.24, 2.45) is 0 Å². The van der Waals surface area contributed by atoms with Gasteiger partial charge >= 0.3 is 0 Å². The van der Waals surface area contributed by atoms with Crippen molar-refractivity contribution in [3.8, 4) is 22.3 Å². The number of hydrogen-bond donors (Lipinski definition) is 2. The summed E-state index contributed by atoms with van der Waals surface area (Å²) >= 11 is 3.52. The third-order valence-electron chi connectivity index (χ3n) is 7.21. The number of benzene rings is 5. The molecule has 0 radical (unpaired) electrons. The van der Waals surface area contributed by atoms with Crippen molar-refractivity contribution in [2.75, 3.05) is 10.4 Å². The lowest BCUT2D eigenvalue weighted by Crippen LogP contribution is -2.38. The monoisotopic (exact) mass is 545 g/mol. The Morgan fingerprint density at radius 1 is 0.595 bits per heavy atom. The Kier molecular flexibility index (Phi) is 6.07. The smallest absolute Gasteiger partial charge is 0.0599 e. The average molecular weight is 547 g/mol. The normalized spacial score (nSPS) is 13.1. The minimum atomic E-state index is -0.0656. The van der Waals surface area contributed by atoms with Crippen LogP contribution in [0.2, 0.25) is 0 Å². The fourth-order valence-electron chi connectivity index (χ4n) is 5.20. The molecular formula is C33H28BrN3. The third kappa shape index (κ3) is 4.43. The van der Waals surface area contributed by atoms with Crippen LogP contribution in [0.4, 0.5) is 17.1 Å². The van der Waals surface area contributed by atoms with Crippen LogP contribution < -0.4 is 16.0 Å². The lowest BCUT2D eigenvalue weighted by molar-refractivity contribution is 0.659. The van der Waals surface area contributed by atoms with Crippen LogP contribution in [0, 0.1) is 0 Å². The fraction of sp³-hybridized carbons (Fsp3) is 0.0909. The molecule has 0 saturated heterocycles. The van der Waals surface area contributed by atoms with E-state index < -0.39 is 0 Å². The quantitative estimate of drug-likeness (QED) is 0.208. The van der Waals surface area contributed by atoms with Gasteiger partial charge in [-0.05, 0) is 81.9 Å². The van der Waals surface area contributed by atoms with E-state index in [2.05, 4.69) is 137 Å². The van der Waals surface area contributed by atoms with Gasteiger partial charge in [-0.1, -0.05) is 103 Å². The Morgan fingerprint density at radius 3 is 1.97 bits per heavy atom. The zero-order valence-electron chi connectivity index (χ0n) is 20.9. The summed E-state index contributed by atoms with van der Waals surface area (Å²) in [4.78, 5) is 0. The molecule has 4 heteroatoms. The predicted octanol–water partition coefficient (Wildman–Crippen LogP) is 9.09. The molecule has 0 spiro atoms. The van der Waals surface area contributed by atoms with E-state index >= 15 is 0 Å². The maximum Gasteiger partial charge on any atom is 0.0599 e. The summed E-state index contributed by atoms with van der Waals surface area (Å²) in [6, 6.07) is 42.8. The van der Waals surface area contributed by atoms with E-state index in [0.717, 1.165) is 21.5 Å². The largest absolute Gasteiger partial charge is 0.304 e. The zero-order chi connectivity index (χ0) is 25.4. The molecule has 1 aliphatic rings. The van der Waals surface area contributed by atoms with Crippen LogP contribution in [0.3, 0.4) is 0 Å². The molecule has 0 saturated carbocycles. The second-order valence-electron chi connectivity index (χ2n) is 9.89. The van der Waals surface area contributed by atoms with E-state index in [1.807, 2.05) is 30.3 Å². The van der Waals surface area contributed by atoms with Crippen LogP contribution in [0.25, 0.3) is 22.3 Å². The van der Waals surface area contributed by atoms with Crippen molar-refractivity contribution in [1.82, 2.24) is 5.53 Å². The topological polar surface area (TPSA) is 27.3 Å². The highest BCUT2D eigenvalue weighted by atomic mass is 79.9. The SMILES string of the molecule is CC1(C)c2ccccc2-c2ccc(N(NNc3ccc(Br)cc3)c3ccc(-c4ccccc4)cc3)cc21. The van der Waals surface area contributed by atoms with Gasteiger partial charge < -0.3 is 5.43 Å². The highest BCUT2D eigenvalue weighted by Gasteiger charge is 2.35. The van der Waals surface area contributed by atoms with Crippen LogP contribution in [0.5, 0.6) is 0 Å². The molecule has 0 fully saturated rings. The second kappa shape index (κ2) is 9.55. The number of hydrogen-bond acceptors (Lipinski definition) is 3. The molecule has 2 N–H and O–H groups in total. The Bertz CT molecular complexity index is 1540. The van der Waals surface area contributed by atoms with Crippen LogP contribution in [-0.4, -0.2) is 0 Å². The number of nitrogens with zero attached hydrogens (tertiary/aromatic N) is 1. The van der Waals surface area contributed by atoms with Gasteiger partial charge in [0.05, 0.1) is 17.1 Å². The lowest BCUT2D eigenvalue weighted by Gasteiger charge is -2.29. The Morgan fingerprint density at radius 2 is 1.22 bits per heavy atom. The molecule has 182 valence electrons. The maximum atomic E-state index is 3.52. The first-order valence-corrected chi connectivity index (χ1v) is 13.3. The van der Waals surface area contributed by atoms with Gasteiger partial charge in [-0.3, -0.25) is 5.01 Å². The zero-order valence-corrected chi connectivity index (χ0v) is 22.5. The van der Waals surface area contributed by atoms with Crippen molar-refractivity contribution < 1.29 is 0 Å². The summed E-state index contributed by atoms with van der Waals surface area (Å²) in [5, 5.41) is 2.11. The van der Waals surface area contributed by atoms with Gasteiger partial charge in [-0.25, -0.2) is 0 Å². The molecular weight excluding hydrogens is 518 g/mol. The van der Waals surface area contributed by atoms with Crippen LogP contribution >= 0.6 is 15.9 Å². The van der Waals surface area contributed by atoms with Gasteiger partial charge in [-0.15, -0.1) is 5.53 Å². The summed E-state index contributed by atoms with van der Waals surface area (Å²) in [7, 11) is 0. The van der Waals surface area contributed by atoms with Gasteiger partial charge in [0.15, 0.2) is 0 Å². The van der Waals surface area contributed by atoms with E-state index in [4.69, 9.17) is 0 Å². The first-order valence-electron chi connectivity index (χ1n) is 12.5. The van der Waals surface area contributed by atoms with Crippen molar-refractivity contribution in [1.29, 1.82) is 0 Å². The number of hydrazine groups is 2. The fourth-order valence-corrected chi connectivity index (χ4v) is 5.46. The van der Waals surface area contributed by atoms with E-state index in [-0.39, 0.29) is 5.41 Å². The van der Waals surface area contributed by atoms with Crippen LogP contribution in [0.15, 0.2) is 126 Å². The molecule has 3 nitrogen and oxygen atoms in total. The highest BCUT2D eigenvalue weighted by Crippen LogP contribution is 2.49. The van der Waals surface area contributed by atoms with E-state index in [1.54, 1.807) is 0 Å². The summed E-state index contributed by atoms with van der Waals surface area (Å²) < 4.78 is 1.05. The van der Waals surface area contributed by atoms with Crippen molar-refractivity contribution in [3.63, 3.8) is 0 Å². The van der Waals surface area contributed by atoms with E-state index in [1.165, 1.54) is 33.4 Å². The third-order valence-corrected chi connectivity index (χ3v) is 7.74. The number of rotatable bonds is 6. The molecule has 37 heavy (non-hydrogen) atoms. The molecule has 1 aliphatic carbocycles. The summed E-state index contributed by atoms with van der Waals surface area (Å²) in [6.07, 6.45) is 0. The van der Waals surface area contributed by atoms with E-state index in [0.29, 0.717) is 0 Å². The van der Waals surface area contributed by atoms with Crippen LogP contribution in [0.1, 0.15) is 25.0 Å². The first kappa shape index (κ1) is 23.5. The van der Waals surface area contributed by atoms with Gasteiger partial charge in [0.25, 0.3) is 0 Å². The standard InChI is InChI=1S/C33H28BrN3/c1-33(2)31-11-7-6-10-29(31)30-21-20-28(22-32(30)33)37(36-35-26-16-14-25(34)15-17-26)27-18-12-24(13-19-27)23-8-4-3-5-9-23/h3-22,35-36H,1-2H3. The molecule has 5 aromatic carbocycles. The first-order chi connectivity index (χ1) is 18.0. The Hall–Kier alpha value is -3.86. The molecule has 0 bridgehead atoms. The molecule has 0 heterocycles.